The van der Waals surface area contributed by atoms with Crippen LogP contribution in [-0.4, -0.2) is 74.7 Å². The molecule has 1 aliphatic rings. The average Bonchev–Trinajstić information content (AvgIpc) is 3.03. The van der Waals surface area contributed by atoms with Crippen molar-refractivity contribution >= 4 is 33.6 Å². The van der Waals surface area contributed by atoms with E-state index in [-0.39, 0.29) is 42.3 Å². The Kier molecular flexibility index (Phi) is 10.9. The molecule has 2 N–H and O–H groups in total. The van der Waals surface area contributed by atoms with Gasteiger partial charge in [-0.25, -0.2) is 18.0 Å². The lowest BCUT2D eigenvalue weighted by Gasteiger charge is -2.39. The number of carbonyl (C=O) groups is 3. The Morgan fingerprint density at radius 2 is 1.59 bits per heavy atom. The number of hydrogen-bond donors (Lipinski definition) is 2. The van der Waals surface area contributed by atoms with Gasteiger partial charge >= 0.3 is 18.4 Å². The molecular formula is C31H33F3N4O7S. The summed E-state index contributed by atoms with van der Waals surface area (Å²) in [7, 11) is -3.23. The summed E-state index contributed by atoms with van der Waals surface area (Å²) in [6.07, 6.45) is -3.10. The molecular weight excluding hydrogens is 629 g/mol. The summed E-state index contributed by atoms with van der Waals surface area (Å²) in [5.41, 5.74) is 2.15. The third kappa shape index (κ3) is 8.54. The van der Waals surface area contributed by atoms with Crippen molar-refractivity contribution in [1.82, 2.24) is 14.5 Å². The number of amides is 3. The Hall–Kier alpha value is -4.63. The van der Waals surface area contributed by atoms with Crippen LogP contribution in [0.15, 0.2) is 77.7 Å². The van der Waals surface area contributed by atoms with Crippen LogP contribution in [0.4, 0.5) is 23.7 Å². The molecule has 1 saturated heterocycles. The highest BCUT2D eigenvalue weighted by Crippen LogP contribution is 2.27. The minimum Gasteiger partial charge on any atom is -0.465 e. The third-order valence-electron chi connectivity index (χ3n) is 7.19. The number of sulfonamides is 1. The quantitative estimate of drug-likeness (QED) is 0.305. The number of methoxy groups -OCH3 is 1. The molecule has 0 unspecified atom stereocenters. The van der Waals surface area contributed by atoms with Gasteiger partial charge in [-0.05, 0) is 53.9 Å². The number of para-hydroxylation sites is 1. The van der Waals surface area contributed by atoms with E-state index in [4.69, 9.17) is 4.74 Å². The molecule has 4 rings (SSSR count). The van der Waals surface area contributed by atoms with Crippen molar-refractivity contribution in [2.24, 2.45) is 0 Å². The zero-order valence-corrected chi connectivity index (χ0v) is 25.9. The second-order valence-corrected chi connectivity index (χ2v) is 12.2. The third-order valence-corrected chi connectivity index (χ3v) is 9.11. The lowest BCUT2D eigenvalue weighted by Crippen LogP contribution is -2.61. The number of benzene rings is 3. The number of urea groups is 1. The number of ether oxygens (including phenoxy) is 2. The van der Waals surface area contributed by atoms with Gasteiger partial charge in [0.05, 0.1) is 23.3 Å². The van der Waals surface area contributed by atoms with E-state index in [1.54, 1.807) is 12.1 Å². The maximum Gasteiger partial charge on any atom is 0.573 e. The molecule has 1 heterocycles. The summed E-state index contributed by atoms with van der Waals surface area (Å²) in [5.74, 6) is -1.98. The van der Waals surface area contributed by atoms with Crippen LogP contribution in [0.25, 0.3) is 0 Å². The molecule has 3 aromatic carbocycles. The highest BCUT2D eigenvalue weighted by molar-refractivity contribution is 7.89. The maximum absolute atomic E-state index is 13.7. The molecule has 3 aromatic rings. The van der Waals surface area contributed by atoms with E-state index in [0.717, 1.165) is 52.5 Å². The summed E-state index contributed by atoms with van der Waals surface area (Å²) in [4.78, 5) is 39.9. The fourth-order valence-electron chi connectivity index (χ4n) is 4.89. The fraction of sp³-hybridized carbons (Fsp3) is 0.323. The SMILES string of the molecule is CCCc1ccc(CNC(=O)[C@H]2CN(C(=O)Nc3ccccc3C(=O)OC)CCN2S(=O)(=O)c2ccc(OC(F)(F)F)cc2)cc1. The fourth-order valence-corrected chi connectivity index (χ4v) is 6.46. The van der Waals surface area contributed by atoms with Crippen LogP contribution in [0, 0.1) is 0 Å². The molecule has 46 heavy (non-hydrogen) atoms. The lowest BCUT2D eigenvalue weighted by molar-refractivity contribution is -0.274. The minimum atomic E-state index is -4.96. The number of anilines is 1. The van der Waals surface area contributed by atoms with Crippen molar-refractivity contribution in [3.8, 4) is 5.75 Å². The van der Waals surface area contributed by atoms with Crippen molar-refractivity contribution < 1.29 is 45.4 Å². The number of halogens is 3. The number of rotatable bonds is 10. The molecule has 0 bridgehead atoms. The average molecular weight is 663 g/mol. The van der Waals surface area contributed by atoms with Gasteiger partial charge in [-0.15, -0.1) is 13.2 Å². The highest BCUT2D eigenvalue weighted by Gasteiger charge is 2.41. The van der Waals surface area contributed by atoms with Gasteiger partial charge in [-0.3, -0.25) is 4.79 Å². The molecule has 0 spiro atoms. The number of esters is 1. The van der Waals surface area contributed by atoms with Gasteiger partial charge in [0, 0.05) is 26.2 Å². The van der Waals surface area contributed by atoms with Gasteiger partial charge < -0.3 is 25.0 Å². The second-order valence-electron chi connectivity index (χ2n) is 10.3. The van der Waals surface area contributed by atoms with Crippen molar-refractivity contribution in [2.75, 3.05) is 32.1 Å². The number of nitrogens with one attached hydrogen (secondary N) is 2. The van der Waals surface area contributed by atoms with Crippen LogP contribution in [0.3, 0.4) is 0 Å². The van der Waals surface area contributed by atoms with E-state index < -0.39 is 46.1 Å². The Morgan fingerprint density at radius 3 is 2.22 bits per heavy atom. The topological polar surface area (TPSA) is 134 Å². The summed E-state index contributed by atoms with van der Waals surface area (Å²) < 4.78 is 74.8. The second kappa shape index (κ2) is 14.6. The standard InChI is InChI=1S/C31H33F3N4O7S/c1-3-6-21-9-11-22(12-10-21)19-35-28(39)27-20-37(30(41)36-26-8-5-4-7-25(26)29(40)44-2)17-18-38(27)46(42,43)24-15-13-23(14-16-24)45-31(32,33)34/h4-5,7-16,27H,3,6,17-20H2,1-2H3,(H,35,39)(H,36,41)/t27-/m1/s1. The summed E-state index contributed by atoms with van der Waals surface area (Å²) in [5, 5.41) is 5.36. The molecule has 0 saturated carbocycles. The highest BCUT2D eigenvalue weighted by atomic mass is 32.2. The summed E-state index contributed by atoms with van der Waals surface area (Å²) in [6.45, 7) is 1.34. The van der Waals surface area contributed by atoms with Crippen LogP contribution in [-0.2, 0) is 32.5 Å². The van der Waals surface area contributed by atoms with Crippen LogP contribution >= 0.6 is 0 Å². The molecule has 0 radical (unpaired) electrons. The Bertz CT molecular complexity index is 1650. The maximum atomic E-state index is 13.7. The van der Waals surface area contributed by atoms with E-state index in [1.165, 1.54) is 24.1 Å². The number of aryl methyl sites for hydroxylation is 1. The van der Waals surface area contributed by atoms with Crippen LogP contribution in [0.1, 0.15) is 34.8 Å². The van der Waals surface area contributed by atoms with E-state index in [9.17, 15) is 36.0 Å². The van der Waals surface area contributed by atoms with E-state index in [1.807, 2.05) is 24.3 Å². The van der Waals surface area contributed by atoms with Gasteiger partial charge in [0.1, 0.15) is 11.8 Å². The van der Waals surface area contributed by atoms with Crippen molar-refractivity contribution in [2.45, 2.75) is 43.6 Å². The predicted molar refractivity (Wildman–Crippen MR) is 161 cm³/mol. The summed E-state index contributed by atoms with van der Waals surface area (Å²) in [6, 6.07) is 15.3. The normalized spacial score (nSPS) is 15.6. The number of hydrogen-bond acceptors (Lipinski definition) is 7. The number of carbonyl (C=O) groups excluding carboxylic acids is 3. The monoisotopic (exact) mass is 662 g/mol. The molecule has 246 valence electrons. The molecule has 1 atom stereocenters. The Morgan fingerprint density at radius 1 is 0.935 bits per heavy atom. The number of alkyl halides is 3. The smallest absolute Gasteiger partial charge is 0.465 e. The first kappa shape index (κ1) is 34.2. The van der Waals surface area contributed by atoms with Crippen LogP contribution in [0.5, 0.6) is 5.75 Å². The molecule has 1 aliphatic heterocycles. The van der Waals surface area contributed by atoms with Gasteiger partial charge in [0.15, 0.2) is 0 Å². The molecule has 3 amide bonds. The number of piperazine rings is 1. The number of nitrogens with zero attached hydrogens (tertiary/aromatic N) is 2. The van der Waals surface area contributed by atoms with E-state index >= 15 is 0 Å². The van der Waals surface area contributed by atoms with E-state index in [0.29, 0.717) is 0 Å². The van der Waals surface area contributed by atoms with E-state index in [2.05, 4.69) is 22.3 Å². The lowest BCUT2D eigenvalue weighted by atomic mass is 10.1. The largest absolute Gasteiger partial charge is 0.573 e. The van der Waals surface area contributed by atoms with Crippen molar-refractivity contribution in [3.05, 3.63) is 89.5 Å². The molecule has 0 aliphatic carbocycles. The summed E-state index contributed by atoms with van der Waals surface area (Å²) >= 11 is 0. The molecule has 15 heteroatoms. The van der Waals surface area contributed by atoms with Gasteiger partial charge in [0.2, 0.25) is 15.9 Å². The zero-order chi connectivity index (χ0) is 33.5. The Balaban J connectivity index is 1.57. The molecule has 0 aromatic heterocycles. The van der Waals surface area contributed by atoms with Crippen LogP contribution in [0.2, 0.25) is 0 Å². The van der Waals surface area contributed by atoms with Gasteiger partial charge in [-0.1, -0.05) is 49.7 Å². The predicted octanol–water partition coefficient (Wildman–Crippen LogP) is 4.55. The minimum absolute atomic E-state index is 0.0812. The zero-order valence-electron chi connectivity index (χ0n) is 25.0. The Labute approximate surface area is 264 Å². The molecule has 1 fully saturated rings. The van der Waals surface area contributed by atoms with Crippen molar-refractivity contribution in [3.63, 3.8) is 0 Å². The first-order valence-electron chi connectivity index (χ1n) is 14.3. The first-order valence-corrected chi connectivity index (χ1v) is 15.7. The first-order chi connectivity index (χ1) is 21.8. The van der Waals surface area contributed by atoms with Gasteiger partial charge in [-0.2, -0.15) is 4.31 Å². The van der Waals surface area contributed by atoms with Crippen LogP contribution < -0.4 is 15.4 Å². The van der Waals surface area contributed by atoms with Crippen molar-refractivity contribution in [1.29, 1.82) is 0 Å². The molecule has 11 nitrogen and oxygen atoms in total. The van der Waals surface area contributed by atoms with Gasteiger partial charge in [0.25, 0.3) is 0 Å².